The fraction of sp³-hybridized carbons (Fsp3) is 0.824. The Kier molecular flexibility index (Phi) is 3.51. The van der Waals surface area contributed by atoms with Gasteiger partial charge in [-0.1, -0.05) is 25.2 Å². The van der Waals surface area contributed by atoms with Gasteiger partial charge in [-0.3, -0.25) is 4.79 Å². The van der Waals surface area contributed by atoms with Crippen molar-refractivity contribution in [2.75, 3.05) is 5.32 Å². The van der Waals surface area contributed by atoms with Crippen molar-refractivity contribution in [3.63, 3.8) is 0 Å². The summed E-state index contributed by atoms with van der Waals surface area (Å²) in [5.74, 6) is 3.16. The number of nitrogens with zero attached hydrogens (tertiary/aromatic N) is 2. The van der Waals surface area contributed by atoms with Crippen molar-refractivity contribution in [3.8, 4) is 0 Å². The van der Waals surface area contributed by atoms with Gasteiger partial charge >= 0.3 is 0 Å². The molecule has 4 bridgehead atoms. The van der Waals surface area contributed by atoms with Crippen LogP contribution >= 0.6 is 11.3 Å². The van der Waals surface area contributed by atoms with Crippen molar-refractivity contribution in [2.45, 2.75) is 64.2 Å². The molecule has 4 fully saturated rings. The van der Waals surface area contributed by atoms with E-state index in [4.69, 9.17) is 0 Å². The third-order valence-electron chi connectivity index (χ3n) is 5.76. The highest BCUT2D eigenvalue weighted by Gasteiger charge is 2.53. The molecule has 1 heterocycles. The minimum absolute atomic E-state index is 0.0585. The fourth-order valence-corrected chi connectivity index (χ4v) is 6.38. The van der Waals surface area contributed by atoms with Crippen molar-refractivity contribution in [1.82, 2.24) is 10.2 Å². The molecule has 1 aromatic rings. The first-order valence-corrected chi connectivity index (χ1v) is 9.48. The summed E-state index contributed by atoms with van der Waals surface area (Å²) in [4.78, 5) is 11.9. The zero-order valence-corrected chi connectivity index (χ0v) is 14.3. The first-order chi connectivity index (χ1) is 10.5. The van der Waals surface area contributed by atoms with Crippen LogP contribution in [0.3, 0.4) is 0 Å². The second kappa shape index (κ2) is 5.29. The lowest BCUT2D eigenvalue weighted by atomic mass is 9.50. The summed E-state index contributed by atoms with van der Waals surface area (Å²) in [6, 6.07) is 0. The highest BCUT2D eigenvalue weighted by atomic mass is 32.1. The van der Waals surface area contributed by atoms with E-state index in [1.54, 1.807) is 11.3 Å². The Bertz CT molecular complexity index is 545. The van der Waals surface area contributed by atoms with Gasteiger partial charge in [0.25, 0.3) is 0 Å². The van der Waals surface area contributed by atoms with E-state index in [2.05, 4.69) is 29.4 Å². The fourth-order valence-electron chi connectivity index (χ4n) is 5.40. The topological polar surface area (TPSA) is 54.9 Å². The zero-order chi connectivity index (χ0) is 15.3. The molecule has 5 rings (SSSR count). The molecule has 4 nitrogen and oxygen atoms in total. The van der Waals surface area contributed by atoms with Crippen LogP contribution in [-0.2, 0) is 10.2 Å². The van der Waals surface area contributed by atoms with Crippen LogP contribution in [0, 0.1) is 23.7 Å². The van der Waals surface area contributed by atoms with Gasteiger partial charge in [-0.25, -0.2) is 0 Å². The second-order valence-corrected chi connectivity index (χ2v) is 9.23. The van der Waals surface area contributed by atoms with Gasteiger partial charge in [-0.05, 0) is 62.2 Å². The molecule has 5 heteroatoms. The first-order valence-electron chi connectivity index (χ1n) is 8.66. The van der Waals surface area contributed by atoms with Gasteiger partial charge in [-0.2, -0.15) is 0 Å². The summed E-state index contributed by atoms with van der Waals surface area (Å²) < 4.78 is 0. The van der Waals surface area contributed by atoms with E-state index in [-0.39, 0.29) is 11.3 Å². The molecule has 120 valence electrons. The van der Waals surface area contributed by atoms with Crippen LogP contribution in [0.1, 0.15) is 63.8 Å². The molecular formula is C17H25N3OS. The van der Waals surface area contributed by atoms with Crippen LogP contribution < -0.4 is 5.32 Å². The maximum absolute atomic E-state index is 11.9. The van der Waals surface area contributed by atoms with E-state index in [9.17, 15) is 4.79 Å². The summed E-state index contributed by atoms with van der Waals surface area (Å²) in [6.45, 7) is 4.11. The molecule has 4 saturated carbocycles. The van der Waals surface area contributed by atoms with Crippen LogP contribution in [0.2, 0.25) is 0 Å². The number of carbonyl (C=O) groups excluding carboxylic acids is 1. The zero-order valence-electron chi connectivity index (χ0n) is 13.5. The van der Waals surface area contributed by atoms with E-state index in [1.165, 1.54) is 43.5 Å². The molecule has 0 radical (unpaired) electrons. The molecule has 4 aliphatic carbocycles. The van der Waals surface area contributed by atoms with E-state index in [0.717, 1.165) is 17.8 Å². The molecular weight excluding hydrogens is 294 g/mol. The van der Waals surface area contributed by atoms with Crippen LogP contribution in [0.25, 0.3) is 0 Å². The Balaban J connectivity index is 1.51. The first kappa shape index (κ1) is 14.6. The molecule has 0 aliphatic heterocycles. The predicted octanol–water partition coefficient (Wildman–Crippen LogP) is 3.99. The highest BCUT2D eigenvalue weighted by Crippen LogP contribution is 2.61. The number of hydrogen-bond donors (Lipinski definition) is 1. The lowest BCUT2D eigenvalue weighted by Gasteiger charge is -2.55. The maximum atomic E-state index is 11.9. The summed E-state index contributed by atoms with van der Waals surface area (Å²) in [5, 5.41) is 13.6. The number of anilines is 1. The van der Waals surface area contributed by atoms with Gasteiger partial charge in [0, 0.05) is 11.8 Å². The average molecular weight is 319 g/mol. The van der Waals surface area contributed by atoms with E-state index >= 15 is 0 Å². The number of amides is 1. The summed E-state index contributed by atoms with van der Waals surface area (Å²) in [6.07, 6.45) is 8.77. The SMILES string of the molecule is CC(C)CC(=O)Nc1nnc(C23CC4CC(CC(C4)C2)C3)s1. The highest BCUT2D eigenvalue weighted by molar-refractivity contribution is 7.15. The van der Waals surface area contributed by atoms with Crippen molar-refractivity contribution in [2.24, 2.45) is 23.7 Å². The average Bonchev–Trinajstić information content (AvgIpc) is 2.85. The largest absolute Gasteiger partial charge is 0.301 e. The summed E-state index contributed by atoms with van der Waals surface area (Å²) in [7, 11) is 0. The molecule has 0 aromatic carbocycles. The molecule has 4 aliphatic rings. The molecule has 1 N–H and O–H groups in total. The monoisotopic (exact) mass is 319 g/mol. The summed E-state index contributed by atoms with van der Waals surface area (Å²) in [5.41, 5.74) is 0.285. The van der Waals surface area contributed by atoms with Gasteiger partial charge in [0.15, 0.2) is 0 Å². The molecule has 0 spiro atoms. The molecule has 1 amide bonds. The van der Waals surface area contributed by atoms with Crippen LogP contribution in [0.4, 0.5) is 5.13 Å². The Morgan fingerprint density at radius 1 is 1.18 bits per heavy atom. The molecule has 0 unspecified atom stereocenters. The van der Waals surface area contributed by atoms with E-state index in [0.29, 0.717) is 17.5 Å². The minimum atomic E-state index is 0.0585. The Morgan fingerprint density at radius 2 is 1.77 bits per heavy atom. The number of hydrogen-bond acceptors (Lipinski definition) is 4. The lowest BCUT2D eigenvalue weighted by molar-refractivity contribution is -0.116. The quantitative estimate of drug-likeness (QED) is 0.913. The van der Waals surface area contributed by atoms with Crippen molar-refractivity contribution in [1.29, 1.82) is 0 Å². The standard InChI is InChI=1S/C17H25N3OS/c1-10(2)3-14(21)18-16-20-19-15(22-16)17-7-11-4-12(8-17)6-13(5-11)9-17/h10-13H,3-9H2,1-2H3,(H,18,20,21). The second-order valence-electron chi connectivity index (χ2n) is 8.26. The number of carbonyl (C=O) groups is 1. The number of nitrogens with one attached hydrogen (secondary N) is 1. The molecule has 0 saturated heterocycles. The normalized spacial score (nSPS) is 36.0. The molecule has 1 aromatic heterocycles. The lowest BCUT2D eigenvalue weighted by Crippen LogP contribution is -2.48. The van der Waals surface area contributed by atoms with Gasteiger partial charge in [-0.15, -0.1) is 10.2 Å². The van der Waals surface area contributed by atoms with E-state index in [1.807, 2.05) is 0 Å². The number of rotatable bonds is 4. The Morgan fingerprint density at radius 3 is 2.32 bits per heavy atom. The molecule has 22 heavy (non-hydrogen) atoms. The van der Waals surface area contributed by atoms with Crippen LogP contribution in [0.15, 0.2) is 0 Å². The maximum Gasteiger partial charge on any atom is 0.226 e. The van der Waals surface area contributed by atoms with Crippen molar-refractivity contribution >= 4 is 22.4 Å². The van der Waals surface area contributed by atoms with Gasteiger partial charge in [0.2, 0.25) is 11.0 Å². The minimum Gasteiger partial charge on any atom is -0.301 e. The van der Waals surface area contributed by atoms with Gasteiger partial charge < -0.3 is 5.32 Å². The van der Waals surface area contributed by atoms with Crippen molar-refractivity contribution < 1.29 is 4.79 Å². The summed E-state index contributed by atoms with van der Waals surface area (Å²) >= 11 is 1.62. The number of aromatic nitrogens is 2. The van der Waals surface area contributed by atoms with E-state index < -0.39 is 0 Å². The Hall–Kier alpha value is -0.970. The van der Waals surface area contributed by atoms with Crippen LogP contribution in [-0.4, -0.2) is 16.1 Å². The van der Waals surface area contributed by atoms with Crippen molar-refractivity contribution in [3.05, 3.63) is 5.01 Å². The third-order valence-corrected chi connectivity index (χ3v) is 6.84. The van der Waals surface area contributed by atoms with Crippen LogP contribution in [0.5, 0.6) is 0 Å². The smallest absolute Gasteiger partial charge is 0.226 e. The molecule has 0 atom stereocenters. The van der Waals surface area contributed by atoms with Gasteiger partial charge in [0.1, 0.15) is 5.01 Å². The third kappa shape index (κ3) is 2.57. The van der Waals surface area contributed by atoms with Gasteiger partial charge in [0.05, 0.1) is 0 Å². The predicted molar refractivity (Wildman–Crippen MR) is 87.8 cm³/mol. The Labute approximate surface area is 136 Å².